The number of carbonyl (C=O) groups excluding carboxylic acids is 1. The second-order valence-electron chi connectivity index (χ2n) is 3.39. The van der Waals surface area contributed by atoms with Crippen LogP contribution in [0.2, 0.25) is 5.02 Å². The second-order valence-corrected chi connectivity index (χ2v) is 3.79. The molecule has 6 heteroatoms. The largest absolute Gasteiger partial charge is 0.506 e. The van der Waals surface area contributed by atoms with Crippen LogP contribution in [0.15, 0.2) is 12.1 Å². The number of hydrogen-bond acceptors (Lipinski definition) is 2. The molecule has 0 radical (unpaired) electrons. The van der Waals surface area contributed by atoms with Crippen LogP contribution < -0.4 is 5.32 Å². The summed E-state index contributed by atoms with van der Waals surface area (Å²) in [6.45, 7) is 4.69. The van der Waals surface area contributed by atoms with Crippen LogP contribution in [-0.4, -0.2) is 29.1 Å². The van der Waals surface area contributed by atoms with E-state index in [4.69, 9.17) is 16.7 Å². The van der Waals surface area contributed by atoms with Gasteiger partial charge >= 0.3 is 6.03 Å². The maximum absolute atomic E-state index is 13.4. The highest BCUT2D eigenvalue weighted by Crippen LogP contribution is 2.29. The Labute approximate surface area is 104 Å². The van der Waals surface area contributed by atoms with Crippen LogP contribution in [0.4, 0.5) is 14.9 Å². The SMILES string of the molecule is CCN(CC)C(=O)Nc1cc(Cl)c(O)cc1F. The van der Waals surface area contributed by atoms with Crippen LogP contribution in [0.5, 0.6) is 5.75 Å². The van der Waals surface area contributed by atoms with Gasteiger partial charge in [-0.25, -0.2) is 9.18 Å². The van der Waals surface area contributed by atoms with E-state index in [9.17, 15) is 9.18 Å². The first-order valence-corrected chi connectivity index (χ1v) is 5.61. The number of aromatic hydroxyl groups is 1. The number of anilines is 1. The quantitative estimate of drug-likeness (QED) is 0.821. The average Bonchev–Trinajstić information content (AvgIpc) is 2.27. The standard InChI is InChI=1S/C11H14ClFN2O2/c1-3-15(4-2)11(17)14-9-5-7(12)10(16)6-8(9)13/h5-6,16H,3-4H2,1-2H3,(H,14,17). The van der Waals surface area contributed by atoms with Gasteiger partial charge in [-0.3, -0.25) is 0 Å². The predicted octanol–water partition coefficient (Wildman–Crippen LogP) is 3.06. The van der Waals surface area contributed by atoms with E-state index in [1.165, 1.54) is 11.0 Å². The Kier molecular flexibility index (Phi) is 4.57. The lowest BCUT2D eigenvalue weighted by Gasteiger charge is -2.19. The van der Waals surface area contributed by atoms with Crippen LogP contribution in [0, 0.1) is 5.82 Å². The lowest BCUT2D eigenvalue weighted by Crippen LogP contribution is -2.34. The summed E-state index contributed by atoms with van der Waals surface area (Å²) in [5.41, 5.74) is -0.0512. The summed E-state index contributed by atoms with van der Waals surface area (Å²) in [7, 11) is 0. The summed E-state index contributed by atoms with van der Waals surface area (Å²) < 4.78 is 13.4. The molecule has 0 aliphatic rings. The van der Waals surface area contributed by atoms with Crippen LogP contribution in [-0.2, 0) is 0 Å². The number of urea groups is 1. The van der Waals surface area contributed by atoms with Crippen molar-refractivity contribution >= 4 is 23.3 Å². The maximum atomic E-state index is 13.4. The van der Waals surface area contributed by atoms with Gasteiger partial charge in [0.15, 0.2) is 5.82 Å². The van der Waals surface area contributed by atoms with E-state index in [2.05, 4.69) is 5.32 Å². The van der Waals surface area contributed by atoms with Crippen molar-refractivity contribution in [3.63, 3.8) is 0 Å². The first-order chi connectivity index (χ1) is 7.99. The molecule has 0 saturated carbocycles. The van der Waals surface area contributed by atoms with E-state index in [1.807, 2.05) is 13.8 Å². The first-order valence-electron chi connectivity index (χ1n) is 5.23. The summed E-state index contributed by atoms with van der Waals surface area (Å²) in [5, 5.41) is 11.5. The van der Waals surface area contributed by atoms with Gasteiger partial charge in [0, 0.05) is 19.2 Å². The van der Waals surface area contributed by atoms with Crippen molar-refractivity contribution in [1.29, 1.82) is 0 Å². The molecule has 94 valence electrons. The molecular weight excluding hydrogens is 247 g/mol. The molecule has 0 spiro atoms. The topological polar surface area (TPSA) is 52.6 Å². The van der Waals surface area contributed by atoms with Gasteiger partial charge in [-0.2, -0.15) is 0 Å². The van der Waals surface area contributed by atoms with E-state index in [1.54, 1.807) is 0 Å². The van der Waals surface area contributed by atoms with E-state index in [-0.39, 0.29) is 16.5 Å². The van der Waals surface area contributed by atoms with Gasteiger partial charge in [0.2, 0.25) is 0 Å². The Bertz CT molecular complexity index is 422. The number of hydrogen-bond donors (Lipinski definition) is 2. The Morgan fingerprint density at radius 1 is 1.47 bits per heavy atom. The summed E-state index contributed by atoms with van der Waals surface area (Å²) in [4.78, 5) is 13.2. The molecule has 2 N–H and O–H groups in total. The Morgan fingerprint density at radius 2 is 2.06 bits per heavy atom. The molecule has 0 aromatic heterocycles. The van der Waals surface area contributed by atoms with Crippen molar-refractivity contribution in [1.82, 2.24) is 4.90 Å². The average molecular weight is 261 g/mol. The minimum absolute atomic E-state index is 0.0127. The highest BCUT2D eigenvalue weighted by Gasteiger charge is 2.14. The third kappa shape index (κ3) is 3.23. The highest BCUT2D eigenvalue weighted by molar-refractivity contribution is 6.32. The number of phenols is 1. The second kappa shape index (κ2) is 5.72. The van der Waals surface area contributed by atoms with E-state index in [0.717, 1.165) is 6.07 Å². The first kappa shape index (κ1) is 13.6. The molecule has 0 heterocycles. The van der Waals surface area contributed by atoms with Crippen molar-refractivity contribution in [2.24, 2.45) is 0 Å². The van der Waals surface area contributed by atoms with E-state index in [0.29, 0.717) is 13.1 Å². The molecule has 17 heavy (non-hydrogen) atoms. The zero-order valence-corrected chi connectivity index (χ0v) is 10.4. The number of nitrogens with one attached hydrogen (secondary N) is 1. The zero-order valence-electron chi connectivity index (χ0n) is 9.63. The lowest BCUT2D eigenvalue weighted by atomic mass is 10.3. The minimum atomic E-state index is -0.729. The summed E-state index contributed by atoms with van der Waals surface area (Å²) in [5.74, 6) is -1.09. The van der Waals surface area contributed by atoms with Crippen LogP contribution in [0.3, 0.4) is 0 Å². The molecule has 0 aliphatic heterocycles. The maximum Gasteiger partial charge on any atom is 0.321 e. The van der Waals surface area contributed by atoms with Crippen LogP contribution in [0.25, 0.3) is 0 Å². The third-order valence-corrected chi connectivity index (χ3v) is 2.63. The molecule has 0 saturated heterocycles. The van der Waals surface area contributed by atoms with Crippen molar-refractivity contribution in [3.05, 3.63) is 23.0 Å². The molecule has 0 bridgehead atoms. The van der Waals surface area contributed by atoms with Gasteiger partial charge in [0.1, 0.15) is 5.75 Å². The molecule has 0 fully saturated rings. The summed E-state index contributed by atoms with van der Waals surface area (Å²) >= 11 is 5.64. The Morgan fingerprint density at radius 3 is 2.59 bits per heavy atom. The number of benzene rings is 1. The fourth-order valence-electron chi connectivity index (χ4n) is 1.34. The van der Waals surface area contributed by atoms with Gasteiger partial charge in [-0.1, -0.05) is 11.6 Å². The number of carbonyl (C=O) groups is 1. The molecule has 2 amide bonds. The summed E-state index contributed by atoms with van der Waals surface area (Å²) in [6.07, 6.45) is 0. The van der Waals surface area contributed by atoms with Crippen molar-refractivity contribution in [2.45, 2.75) is 13.8 Å². The zero-order chi connectivity index (χ0) is 13.0. The third-order valence-electron chi connectivity index (χ3n) is 2.33. The fraction of sp³-hybridized carbons (Fsp3) is 0.364. The van der Waals surface area contributed by atoms with E-state index < -0.39 is 11.8 Å². The number of halogens is 2. The van der Waals surface area contributed by atoms with E-state index >= 15 is 0 Å². The predicted molar refractivity (Wildman–Crippen MR) is 65.0 cm³/mol. The lowest BCUT2D eigenvalue weighted by molar-refractivity contribution is 0.217. The van der Waals surface area contributed by atoms with Gasteiger partial charge in [-0.15, -0.1) is 0 Å². The van der Waals surface area contributed by atoms with Crippen LogP contribution >= 0.6 is 11.6 Å². The Hall–Kier alpha value is -1.49. The van der Waals surface area contributed by atoms with Crippen molar-refractivity contribution in [3.8, 4) is 5.75 Å². The molecule has 1 aromatic carbocycles. The van der Waals surface area contributed by atoms with Crippen molar-refractivity contribution in [2.75, 3.05) is 18.4 Å². The molecule has 0 aliphatic carbocycles. The molecule has 0 unspecified atom stereocenters. The molecule has 0 atom stereocenters. The number of rotatable bonds is 3. The highest BCUT2D eigenvalue weighted by atomic mass is 35.5. The molecular formula is C11H14ClFN2O2. The number of nitrogens with zero attached hydrogens (tertiary/aromatic N) is 1. The molecule has 1 aromatic rings. The fourth-order valence-corrected chi connectivity index (χ4v) is 1.50. The van der Waals surface area contributed by atoms with Gasteiger partial charge in [0.05, 0.1) is 10.7 Å². The minimum Gasteiger partial charge on any atom is -0.506 e. The van der Waals surface area contributed by atoms with Crippen LogP contribution in [0.1, 0.15) is 13.8 Å². The van der Waals surface area contributed by atoms with Gasteiger partial charge in [0.25, 0.3) is 0 Å². The van der Waals surface area contributed by atoms with Gasteiger partial charge in [-0.05, 0) is 19.9 Å². The van der Waals surface area contributed by atoms with Crippen molar-refractivity contribution < 1.29 is 14.3 Å². The monoisotopic (exact) mass is 260 g/mol. The Balaban J connectivity index is 2.88. The number of amides is 2. The molecule has 1 rings (SSSR count). The smallest absolute Gasteiger partial charge is 0.321 e. The molecule has 4 nitrogen and oxygen atoms in total. The van der Waals surface area contributed by atoms with Gasteiger partial charge < -0.3 is 15.3 Å². The number of phenolic OH excluding ortho intramolecular Hbond substituents is 1. The normalized spacial score (nSPS) is 10.1. The summed E-state index contributed by atoms with van der Waals surface area (Å²) in [6, 6.07) is 1.63.